The number of aromatic nitrogens is 3. The van der Waals surface area contributed by atoms with Crippen LogP contribution >= 0.6 is 22.7 Å². The van der Waals surface area contributed by atoms with E-state index in [9.17, 15) is 9.18 Å². The zero-order valence-electron chi connectivity index (χ0n) is 16.6. The Morgan fingerprint density at radius 3 is 2.81 bits per heavy atom. The summed E-state index contributed by atoms with van der Waals surface area (Å²) in [6.45, 7) is 3.23. The molecular formula is C22H20FN5OS2. The summed E-state index contributed by atoms with van der Waals surface area (Å²) in [4.78, 5) is 21.9. The third-order valence-corrected chi connectivity index (χ3v) is 7.11. The predicted molar refractivity (Wildman–Crippen MR) is 120 cm³/mol. The van der Waals surface area contributed by atoms with Crippen molar-refractivity contribution in [3.63, 3.8) is 0 Å². The van der Waals surface area contributed by atoms with Gasteiger partial charge in [-0.15, -0.1) is 27.8 Å². The Balaban J connectivity index is 1.29. The third-order valence-electron chi connectivity index (χ3n) is 5.22. The molecule has 4 aromatic rings. The smallest absolute Gasteiger partial charge is 0.291 e. The van der Waals surface area contributed by atoms with Crippen molar-refractivity contribution in [1.29, 1.82) is 0 Å². The van der Waals surface area contributed by atoms with Gasteiger partial charge in [-0.1, -0.05) is 6.07 Å². The Bertz CT molecular complexity index is 1180. The molecule has 0 aliphatic carbocycles. The molecule has 0 fully saturated rings. The number of amides is 1. The van der Waals surface area contributed by atoms with Crippen molar-refractivity contribution in [3.05, 3.63) is 75.3 Å². The molecule has 1 N–H and O–H groups in total. The highest BCUT2D eigenvalue weighted by Crippen LogP contribution is 2.26. The molecule has 0 bridgehead atoms. The van der Waals surface area contributed by atoms with Crippen molar-refractivity contribution in [1.82, 2.24) is 25.0 Å². The number of halogens is 1. The monoisotopic (exact) mass is 453 g/mol. The zero-order valence-corrected chi connectivity index (χ0v) is 18.3. The van der Waals surface area contributed by atoms with E-state index in [1.807, 2.05) is 28.8 Å². The SMILES string of the molecule is O=C(NCCN1CCc2sccc2C1)c1nc(-c2cccs2)n(-c2ccc(F)cc2)n1. The Hall–Kier alpha value is -2.88. The highest BCUT2D eigenvalue weighted by molar-refractivity contribution is 7.13. The number of carbonyl (C=O) groups is 1. The van der Waals surface area contributed by atoms with E-state index < -0.39 is 0 Å². The first-order valence-corrected chi connectivity index (χ1v) is 11.8. The molecule has 0 spiro atoms. The summed E-state index contributed by atoms with van der Waals surface area (Å²) >= 11 is 3.33. The van der Waals surface area contributed by atoms with Gasteiger partial charge in [0.25, 0.3) is 5.91 Å². The van der Waals surface area contributed by atoms with Crippen molar-refractivity contribution >= 4 is 28.6 Å². The van der Waals surface area contributed by atoms with Gasteiger partial charge in [-0.25, -0.2) is 14.1 Å². The fourth-order valence-electron chi connectivity index (χ4n) is 3.64. The van der Waals surface area contributed by atoms with Gasteiger partial charge < -0.3 is 5.32 Å². The molecule has 4 heterocycles. The maximum absolute atomic E-state index is 13.4. The first-order chi connectivity index (χ1) is 15.2. The highest BCUT2D eigenvalue weighted by Gasteiger charge is 2.20. The van der Waals surface area contributed by atoms with E-state index in [0.717, 1.165) is 30.9 Å². The van der Waals surface area contributed by atoms with Gasteiger partial charge in [0.15, 0.2) is 5.82 Å². The van der Waals surface area contributed by atoms with E-state index in [1.165, 1.54) is 33.9 Å². The molecule has 158 valence electrons. The molecular weight excluding hydrogens is 433 g/mol. The van der Waals surface area contributed by atoms with Gasteiger partial charge in [0.1, 0.15) is 5.82 Å². The molecule has 0 unspecified atom stereocenters. The lowest BCUT2D eigenvalue weighted by Crippen LogP contribution is -2.37. The number of fused-ring (bicyclic) bond motifs is 1. The Morgan fingerprint density at radius 1 is 1.13 bits per heavy atom. The van der Waals surface area contributed by atoms with E-state index in [0.29, 0.717) is 18.1 Å². The summed E-state index contributed by atoms with van der Waals surface area (Å²) in [6.07, 6.45) is 1.06. The topological polar surface area (TPSA) is 63.1 Å². The molecule has 31 heavy (non-hydrogen) atoms. The molecule has 1 aliphatic rings. The lowest BCUT2D eigenvalue weighted by molar-refractivity contribution is 0.0937. The first kappa shape index (κ1) is 20.0. The standard InChI is InChI=1S/C22H20FN5OS2/c23-16-3-5-17(6-4-16)28-21(19-2-1-12-30-19)25-20(26-28)22(29)24-9-11-27-10-7-18-15(14-27)8-13-31-18/h1-6,8,12-13H,7,9-11,14H2,(H,24,29). The van der Waals surface area contributed by atoms with Crippen LogP contribution in [-0.4, -0.2) is 45.2 Å². The van der Waals surface area contributed by atoms with Gasteiger partial charge in [0, 0.05) is 31.1 Å². The second-order valence-corrected chi connectivity index (χ2v) is 9.22. The number of benzene rings is 1. The molecule has 1 aromatic carbocycles. The highest BCUT2D eigenvalue weighted by atomic mass is 32.1. The van der Waals surface area contributed by atoms with Crippen molar-refractivity contribution in [2.24, 2.45) is 0 Å². The number of thiophene rings is 2. The van der Waals surface area contributed by atoms with Gasteiger partial charge >= 0.3 is 0 Å². The molecule has 0 radical (unpaired) electrons. The lowest BCUT2D eigenvalue weighted by Gasteiger charge is -2.26. The van der Waals surface area contributed by atoms with Crippen molar-refractivity contribution < 1.29 is 9.18 Å². The molecule has 6 nitrogen and oxygen atoms in total. The number of rotatable bonds is 6. The van der Waals surface area contributed by atoms with E-state index >= 15 is 0 Å². The fraction of sp³-hybridized carbons (Fsp3) is 0.227. The van der Waals surface area contributed by atoms with Crippen LogP contribution in [0.5, 0.6) is 0 Å². The minimum atomic E-state index is -0.327. The Labute approximate surface area is 187 Å². The first-order valence-electron chi connectivity index (χ1n) is 10.00. The number of carbonyl (C=O) groups excluding carboxylic acids is 1. The predicted octanol–water partition coefficient (Wildman–Crippen LogP) is 3.98. The summed E-state index contributed by atoms with van der Waals surface area (Å²) < 4.78 is 14.9. The Morgan fingerprint density at radius 2 is 2.00 bits per heavy atom. The van der Waals surface area contributed by atoms with Gasteiger partial charge in [-0.05, 0) is 59.1 Å². The molecule has 0 saturated heterocycles. The van der Waals surface area contributed by atoms with Crippen molar-refractivity contribution in [2.45, 2.75) is 13.0 Å². The van der Waals surface area contributed by atoms with E-state index in [-0.39, 0.29) is 17.5 Å². The van der Waals surface area contributed by atoms with E-state index in [2.05, 4.69) is 31.7 Å². The second-order valence-electron chi connectivity index (χ2n) is 7.28. The molecule has 0 atom stereocenters. The minimum absolute atomic E-state index is 0.103. The summed E-state index contributed by atoms with van der Waals surface area (Å²) in [6, 6.07) is 12.0. The third kappa shape index (κ3) is 4.30. The molecule has 5 rings (SSSR count). The van der Waals surface area contributed by atoms with Gasteiger partial charge in [-0.3, -0.25) is 9.69 Å². The average molecular weight is 454 g/mol. The van der Waals surface area contributed by atoms with Crippen LogP contribution in [0.15, 0.2) is 53.2 Å². The zero-order chi connectivity index (χ0) is 21.2. The van der Waals surface area contributed by atoms with Crippen molar-refractivity contribution in [2.75, 3.05) is 19.6 Å². The number of hydrogen-bond donors (Lipinski definition) is 1. The van der Waals surface area contributed by atoms with Crippen LogP contribution in [0.2, 0.25) is 0 Å². The van der Waals surface area contributed by atoms with Crippen LogP contribution < -0.4 is 5.32 Å². The van der Waals surface area contributed by atoms with Gasteiger partial charge in [0.05, 0.1) is 10.6 Å². The second kappa shape index (κ2) is 8.70. The fourth-order valence-corrected chi connectivity index (χ4v) is 5.23. The summed E-state index contributed by atoms with van der Waals surface area (Å²) in [5.41, 5.74) is 2.04. The number of nitrogens with zero attached hydrogens (tertiary/aromatic N) is 4. The maximum Gasteiger partial charge on any atom is 0.291 e. The van der Waals surface area contributed by atoms with Gasteiger partial charge in [-0.2, -0.15) is 0 Å². The van der Waals surface area contributed by atoms with Crippen LogP contribution in [0.25, 0.3) is 16.4 Å². The number of nitrogens with one attached hydrogen (secondary N) is 1. The summed E-state index contributed by atoms with van der Waals surface area (Å²) in [5.74, 6) is 0.0259. The Kier molecular flexibility index (Phi) is 5.63. The normalized spacial score (nSPS) is 13.8. The van der Waals surface area contributed by atoms with Gasteiger partial charge in [0.2, 0.25) is 5.82 Å². The molecule has 9 heteroatoms. The molecule has 1 aliphatic heterocycles. The van der Waals surface area contributed by atoms with Crippen LogP contribution in [0.4, 0.5) is 4.39 Å². The largest absolute Gasteiger partial charge is 0.348 e. The molecule has 0 saturated carbocycles. The lowest BCUT2D eigenvalue weighted by atomic mass is 10.1. The molecule has 1 amide bonds. The van der Waals surface area contributed by atoms with Crippen LogP contribution in [-0.2, 0) is 13.0 Å². The summed E-state index contributed by atoms with van der Waals surface area (Å²) in [5, 5.41) is 11.4. The minimum Gasteiger partial charge on any atom is -0.348 e. The van der Waals surface area contributed by atoms with Crippen LogP contribution in [0.3, 0.4) is 0 Å². The molecule has 3 aromatic heterocycles. The van der Waals surface area contributed by atoms with E-state index in [1.54, 1.807) is 16.8 Å². The van der Waals surface area contributed by atoms with E-state index in [4.69, 9.17) is 0 Å². The van der Waals surface area contributed by atoms with Crippen LogP contribution in [0.1, 0.15) is 21.1 Å². The average Bonchev–Trinajstić information content (AvgIpc) is 3.53. The maximum atomic E-state index is 13.4. The quantitative estimate of drug-likeness (QED) is 0.480. The number of hydrogen-bond acceptors (Lipinski definition) is 6. The van der Waals surface area contributed by atoms with Crippen LogP contribution in [0, 0.1) is 5.82 Å². The van der Waals surface area contributed by atoms with Crippen molar-refractivity contribution in [3.8, 4) is 16.4 Å². The summed E-state index contributed by atoms with van der Waals surface area (Å²) in [7, 11) is 0.